The van der Waals surface area contributed by atoms with Crippen LogP contribution < -0.4 is 0 Å². The highest BCUT2D eigenvalue weighted by atomic mass is 31.2. The molecule has 0 aliphatic carbocycles. The minimum Gasteiger partial charge on any atom is -0.462 e. The van der Waals surface area contributed by atoms with Crippen molar-refractivity contribution in [2.24, 2.45) is 0 Å². The lowest BCUT2D eigenvalue weighted by atomic mass is 10.1. The predicted molar refractivity (Wildman–Crippen MR) is 389 cm³/mol. The molecule has 0 saturated heterocycles. The van der Waals surface area contributed by atoms with Crippen LogP contribution >= 0.6 is 7.82 Å². The molecule has 1 N–H and O–H groups in total. The molecule has 0 heterocycles. The summed E-state index contributed by atoms with van der Waals surface area (Å²) in [5.41, 5.74) is 0. The van der Waals surface area contributed by atoms with Crippen LogP contribution in [-0.2, 0) is 32.7 Å². The van der Waals surface area contributed by atoms with Crippen molar-refractivity contribution in [1.82, 2.24) is 0 Å². The first-order chi connectivity index (χ1) is 44.0. The number of carbonyl (C=O) groups excluding carboxylic acids is 2. The van der Waals surface area contributed by atoms with Crippen molar-refractivity contribution in [3.63, 3.8) is 0 Å². The first-order valence-electron chi connectivity index (χ1n) is 34.1. The molecule has 0 saturated carbocycles. The molecule has 0 aliphatic heterocycles. The highest BCUT2D eigenvalue weighted by Crippen LogP contribution is 2.43. The van der Waals surface area contributed by atoms with E-state index in [1.807, 2.05) is 21.1 Å². The van der Waals surface area contributed by atoms with Gasteiger partial charge in [0.05, 0.1) is 27.7 Å². The van der Waals surface area contributed by atoms with Crippen molar-refractivity contribution in [2.45, 2.75) is 213 Å². The zero-order valence-electron chi connectivity index (χ0n) is 56.8. The molecule has 0 bridgehead atoms. The number of hydrogen-bond acceptors (Lipinski definition) is 7. The number of likely N-dealkylation sites (N-methyl/N-ethyl adjacent to an activating group) is 1. The average Bonchev–Trinajstić information content (AvgIpc) is 3.58. The summed E-state index contributed by atoms with van der Waals surface area (Å²) in [5.74, 6) is -0.906. The third-order valence-corrected chi connectivity index (χ3v) is 14.2. The maximum Gasteiger partial charge on any atom is 0.472 e. The molecule has 2 unspecified atom stereocenters. The van der Waals surface area contributed by atoms with Gasteiger partial charge in [-0.1, -0.05) is 270 Å². The summed E-state index contributed by atoms with van der Waals surface area (Å²) in [5, 5.41) is 0. The first kappa shape index (κ1) is 84.1. The van der Waals surface area contributed by atoms with Crippen molar-refractivity contribution >= 4 is 19.8 Å². The molecule has 0 aromatic carbocycles. The quantitative estimate of drug-likeness (QED) is 0.0211. The number of carbonyl (C=O) groups is 2. The fourth-order valence-corrected chi connectivity index (χ4v) is 8.78. The normalized spacial score (nSPS) is 14.6. The molecule has 0 amide bonds. The van der Waals surface area contributed by atoms with Crippen LogP contribution in [0.5, 0.6) is 0 Å². The molecule has 0 spiro atoms. The van der Waals surface area contributed by atoms with Crippen LogP contribution in [0.3, 0.4) is 0 Å². The maximum absolute atomic E-state index is 12.9. The summed E-state index contributed by atoms with van der Waals surface area (Å²) in [6.07, 6.45) is 110. The first-order valence-corrected chi connectivity index (χ1v) is 35.6. The van der Waals surface area contributed by atoms with Gasteiger partial charge < -0.3 is 18.9 Å². The number of nitrogens with zero attached hydrogens (tertiary/aromatic N) is 1. The minimum absolute atomic E-state index is 0.00518. The molecule has 0 aromatic rings. The van der Waals surface area contributed by atoms with Crippen LogP contribution in [0.2, 0.25) is 0 Å². The van der Waals surface area contributed by atoms with Gasteiger partial charge in [0.2, 0.25) is 0 Å². The van der Waals surface area contributed by atoms with Crippen LogP contribution in [0.15, 0.2) is 231 Å². The molecule has 0 rings (SSSR count). The minimum atomic E-state index is -4.43. The summed E-state index contributed by atoms with van der Waals surface area (Å²) in [6, 6.07) is 0. The molecule has 0 aromatic heterocycles. The van der Waals surface area contributed by atoms with Gasteiger partial charge in [-0.25, -0.2) is 4.57 Å². The Labute approximate surface area is 550 Å². The predicted octanol–water partition coefficient (Wildman–Crippen LogP) is 22.6. The zero-order chi connectivity index (χ0) is 65.5. The zero-order valence-corrected chi connectivity index (χ0v) is 57.7. The Balaban J connectivity index is 4.30. The standard InChI is InChI=1S/C80H122NO8P/c1-6-8-10-12-14-16-18-20-22-24-26-28-30-32-34-36-37-38-39-40-41-42-43-45-47-49-51-53-55-57-59-61-63-65-67-69-71-73-80(83)89-78(77-88-90(84,85)87-75-74-81(3,4)5)76-86-79(82)72-70-68-66-64-62-60-58-56-54-52-50-48-46-44-35-33-31-29-27-25-23-21-19-17-15-13-11-9-7-2/h8-11,14-17,20-23,26-29,32-35,37-38,40-41,43,45-46,48-49,51-52,54-55,57-58,60,64,66,78H,6-7,12-13,18-19,24-25,30-31,36,39,42,44,47,50,53,56,59,61-63,65,67-77H2,1-5H3/p+1/b10-8-,11-9-,16-14-,17-15-,22-20-,23-21-,28-26-,29-27-,34-32-,35-33-,38-37-,41-40-,45-43-,48-46-,51-49-,54-52-,57-55-,60-58-,66-64-. The lowest BCUT2D eigenvalue weighted by Crippen LogP contribution is -2.37. The van der Waals surface area contributed by atoms with E-state index in [4.69, 9.17) is 18.5 Å². The van der Waals surface area contributed by atoms with Gasteiger partial charge in [0, 0.05) is 12.8 Å². The summed E-state index contributed by atoms with van der Waals surface area (Å²) >= 11 is 0. The van der Waals surface area contributed by atoms with Gasteiger partial charge in [-0.05, 0) is 154 Å². The van der Waals surface area contributed by atoms with E-state index in [1.165, 1.54) is 0 Å². The second kappa shape index (κ2) is 67.5. The molecule has 500 valence electrons. The summed E-state index contributed by atoms with van der Waals surface area (Å²) in [6.45, 7) is 4.08. The molecule has 0 fully saturated rings. The Hall–Kier alpha value is -5.93. The number of phosphoric acid groups is 1. The van der Waals surface area contributed by atoms with Gasteiger partial charge in [0.1, 0.15) is 19.8 Å². The van der Waals surface area contributed by atoms with Crippen LogP contribution in [0.1, 0.15) is 206 Å². The number of ether oxygens (including phenoxy) is 2. The monoisotopic (exact) mass is 1260 g/mol. The van der Waals surface area contributed by atoms with Gasteiger partial charge in [-0.15, -0.1) is 0 Å². The number of allylic oxidation sites excluding steroid dienone is 38. The lowest BCUT2D eigenvalue weighted by molar-refractivity contribution is -0.870. The van der Waals surface area contributed by atoms with Gasteiger partial charge in [0.25, 0.3) is 0 Å². The van der Waals surface area contributed by atoms with E-state index in [0.717, 1.165) is 167 Å². The fraction of sp³-hybridized carbons (Fsp3) is 0.500. The fourth-order valence-electron chi connectivity index (χ4n) is 8.04. The third kappa shape index (κ3) is 71.1. The number of unbranched alkanes of at least 4 members (excludes halogenated alkanes) is 7. The summed E-state index contributed by atoms with van der Waals surface area (Å²) < 4.78 is 34.6. The van der Waals surface area contributed by atoms with Crippen LogP contribution in [0, 0.1) is 0 Å². The van der Waals surface area contributed by atoms with Gasteiger partial charge >= 0.3 is 19.8 Å². The van der Waals surface area contributed by atoms with E-state index in [1.54, 1.807) is 0 Å². The smallest absolute Gasteiger partial charge is 0.462 e. The van der Waals surface area contributed by atoms with Crippen LogP contribution in [-0.4, -0.2) is 74.9 Å². The van der Waals surface area contributed by atoms with E-state index in [0.29, 0.717) is 23.9 Å². The second-order valence-electron chi connectivity index (χ2n) is 22.7. The molecule has 0 aliphatic rings. The third-order valence-electron chi connectivity index (χ3n) is 13.2. The van der Waals surface area contributed by atoms with Crippen LogP contribution in [0.25, 0.3) is 0 Å². The Morgan fingerprint density at radius 1 is 0.344 bits per heavy atom. The topological polar surface area (TPSA) is 108 Å². The molecular weight excluding hydrogens is 1130 g/mol. The number of esters is 2. The summed E-state index contributed by atoms with van der Waals surface area (Å²) in [4.78, 5) is 35.8. The Morgan fingerprint density at radius 3 is 0.922 bits per heavy atom. The van der Waals surface area contributed by atoms with Crippen molar-refractivity contribution in [1.29, 1.82) is 0 Å². The average molecular weight is 1260 g/mol. The SMILES string of the molecule is CC/C=C\C/C=C\C/C=C\C/C=C\C/C=C\C/C=C\C/C=C\C/C=C\C/C=C\C/C=C\CCCCCCCCC(=O)OC(COC(=O)CCC/C=C\C/C=C\C/C=C\C/C=C\C/C=C\C/C=C\C/C=C\C/C=C\C/C=C\CC)COP(=O)(O)OCC[N+](C)(C)C. The highest BCUT2D eigenvalue weighted by molar-refractivity contribution is 7.47. The molecule has 10 heteroatoms. The molecular formula is C80H123NO8P+. The van der Waals surface area contributed by atoms with E-state index < -0.39 is 32.5 Å². The molecule has 2 atom stereocenters. The van der Waals surface area contributed by atoms with Crippen molar-refractivity contribution < 1.29 is 42.1 Å². The van der Waals surface area contributed by atoms with Crippen molar-refractivity contribution in [3.8, 4) is 0 Å². The summed E-state index contributed by atoms with van der Waals surface area (Å²) in [7, 11) is 1.40. The van der Waals surface area contributed by atoms with E-state index in [9.17, 15) is 19.0 Å². The molecule has 0 radical (unpaired) electrons. The second-order valence-corrected chi connectivity index (χ2v) is 24.2. The number of phosphoric ester groups is 1. The van der Waals surface area contributed by atoms with Gasteiger partial charge in [-0.3, -0.25) is 18.6 Å². The highest BCUT2D eigenvalue weighted by Gasteiger charge is 2.27. The van der Waals surface area contributed by atoms with E-state index >= 15 is 0 Å². The lowest BCUT2D eigenvalue weighted by Gasteiger charge is -2.24. The Morgan fingerprint density at radius 2 is 0.611 bits per heavy atom. The van der Waals surface area contributed by atoms with Crippen LogP contribution in [0.4, 0.5) is 0 Å². The van der Waals surface area contributed by atoms with Crippen molar-refractivity contribution in [3.05, 3.63) is 231 Å². The van der Waals surface area contributed by atoms with E-state index in [2.05, 4.69) is 245 Å². The largest absolute Gasteiger partial charge is 0.472 e. The van der Waals surface area contributed by atoms with Crippen molar-refractivity contribution in [2.75, 3.05) is 47.5 Å². The maximum atomic E-state index is 12.9. The van der Waals surface area contributed by atoms with Gasteiger partial charge in [0.15, 0.2) is 6.10 Å². The Kier molecular flexibility index (Phi) is 63.0. The molecule has 90 heavy (non-hydrogen) atoms. The van der Waals surface area contributed by atoms with E-state index in [-0.39, 0.29) is 26.1 Å². The molecule has 9 nitrogen and oxygen atoms in total. The number of rotatable bonds is 59. The number of quaternary nitrogens is 1. The van der Waals surface area contributed by atoms with Gasteiger partial charge in [-0.2, -0.15) is 0 Å². The Bertz CT molecular complexity index is 2370. The number of hydrogen-bond donors (Lipinski definition) is 1.